The van der Waals surface area contributed by atoms with Crippen LogP contribution in [-0.4, -0.2) is 27.7 Å². The van der Waals surface area contributed by atoms with Crippen molar-refractivity contribution in [2.75, 3.05) is 13.1 Å². The lowest BCUT2D eigenvalue weighted by atomic mass is 9.94. The largest absolute Gasteiger partial charge is 0.317 e. The van der Waals surface area contributed by atoms with Gasteiger partial charge >= 0.3 is 0 Å². The predicted molar refractivity (Wildman–Crippen MR) is 67.3 cm³/mol. The molecule has 4 nitrogen and oxygen atoms in total. The van der Waals surface area contributed by atoms with E-state index >= 15 is 0 Å². The molecule has 1 fully saturated rings. The van der Waals surface area contributed by atoms with Gasteiger partial charge < -0.3 is 5.32 Å². The van der Waals surface area contributed by atoms with Gasteiger partial charge in [0.2, 0.25) is 0 Å². The van der Waals surface area contributed by atoms with E-state index in [1.165, 1.54) is 24.2 Å². The lowest BCUT2D eigenvalue weighted by molar-refractivity contribution is 0.453. The van der Waals surface area contributed by atoms with Crippen LogP contribution in [0.4, 0.5) is 0 Å². The average molecular weight is 230 g/mol. The molecule has 1 aliphatic rings. The van der Waals surface area contributed by atoms with Crippen LogP contribution in [0.3, 0.4) is 0 Å². The minimum absolute atomic E-state index is 0.607. The van der Waals surface area contributed by atoms with Gasteiger partial charge in [0.15, 0.2) is 5.65 Å². The van der Waals surface area contributed by atoms with E-state index < -0.39 is 0 Å². The van der Waals surface area contributed by atoms with Crippen LogP contribution in [0.2, 0.25) is 0 Å². The molecule has 0 amide bonds. The SMILES string of the molecule is Cc1cc2nc(C3CCNCC3)cc(C)n2n1. The molecular formula is C13H18N4. The number of nitrogens with one attached hydrogen (secondary N) is 1. The molecule has 0 radical (unpaired) electrons. The third-order valence-corrected chi connectivity index (χ3v) is 3.50. The summed E-state index contributed by atoms with van der Waals surface area (Å²) in [6, 6.07) is 4.24. The van der Waals surface area contributed by atoms with Gasteiger partial charge in [-0.2, -0.15) is 5.10 Å². The highest BCUT2D eigenvalue weighted by atomic mass is 15.3. The van der Waals surface area contributed by atoms with E-state index in [1.807, 2.05) is 11.4 Å². The molecule has 4 heteroatoms. The molecule has 3 heterocycles. The van der Waals surface area contributed by atoms with Crippen LogP contribution >= 0.6 is 0 Å². The second-order valence-electron chi connectivity index (χ2n) is 4.90. The van der Waals surface area contributed by atoms with Gasteiger partial charge in [0.1, 0.15) is 0 Å². The summed E-state index contributed by atoms with van der Waals surface area (Å²) in [6.07, 6.45) is 2.38. The maximum atomic E-state index is 4.75. The summed E-state index contributed by atoms with van der Waals surface area (Å²) in [4.78, 5) is 4.75. The van der Waals surface area contributed by atoms with Crippen molar-refractivity contribution in [3.8, 4) is 0 Å². The second kappa shape index (κ2) is 4.11. The molecule has 2 aromatic rings. The normalized spacial score (nSPS) is 17.8. The summed E-state index contributed by atoms with van der Waals surface area (Å²) >= 11 is 0. The Bertz CT molecular complexity index is 538. The fourth-order valence-corrected chi connectivity index (χ4v) is 2.59. The van der Waals surface area contributed by atoms with E-state index in [0.717, 1.165) is 24.4 Å². The Hall–Kier alpha value is -1.42. The van der Waals surface area contributed by atoms with Crippen molar-refractivity contribution < 1.29 is 0 Å². The van der Waals surface area contributed by atoms with E-state index in [-0.39, 0.29) is 0 Å². The highest BCUT2D eigenvalue weighted by Gasteiger charge is 2.17. The molecule has 1 N–H and O–H groups in total. The Morgan fingerprint density at radius 1 is 1.24 bits per heavy atom. The van der Waals surface area contributed by atoms with Gasteiger partial charge in [0.25, 0.3) is 0 Å². The zero-order valence-corrected chi connectivity index (χ0v) is 10.4. The second-order valence-corrected chi connectivity index (χ2v) is 4.90. The number of rotatable bonds is 1. The standard InChI is InChI=1S/C13H18N4/c1-9-7-13-15-12(8-10(2)17(13)16-9)11-3-5-14-6-4-11/h7-8,11,14H,3-6H2,1-2H3. The van der Waals surface area contributed by atoms with Crippen molar-refractivity contribution in [3.05, 3.63) is 29.2 Å². The summed E-state index contributed by atoms with van der Waals surface area (Å²) in [5.41, 5.74) is 4.42. The summed E-state index contributed by atoms with van der Waals surface area (Å²) in [5.74, 6) is 0.607. The van der Waals surface area contributed by atoms with E-state index in [4.69, 9.17) is 4.98 Å². The Kier molecular flexibility index (Phi) is 2.59. The zero-order valence-electron chi connectivity index (χ0n) is 10.4. The summed E-state index contributed by atoms with van der Waals surface area (Å²) in [6.45, 7) is 6.33. The quantitative estimate of drug-likeness (QED) is 0.812. The molecule has 0 bridgehead atoms. The molecule has 3 rings (SSSR count). The minimum atomic E-state index is 0.607. The van der Waals surface area contributed by atoms with E-state index in [2.05, 4.69) is 29.5 Å². The summed E-state index contributed by atoms with van der Waals surface area (Å²) < 4.78 is 1.93. The lowest BCUT2D eigenvalue weighted by Crippen LogP contribution is -2.27. The molecule has 0 unspecified atom stereocenters. The molecule has 2 aromatic heterocycles. The van der Waals surface area contributed by atoms with Gasteiger partial charge in [-0.1, -0.05) is 0 Å². The molecular weight excluding hydrogens is 212 g/mol. The smallest absolute Gasteiger partial charge is 0.155 e. The van der Waals surface area contributed by atoms with E-state index in [0.29, 0.717) is 5.92 Å². The third-order valence-electron chi connectivity index (χ3n) is 3.50. The molecule has 0 spiro atoms. The highest BCUT2D eigenvalue weighted by Crippen LogP contribution is 2.24. The molecule has 1 saturated heterocycles. The first-order valence-corrected chi connectivity index (χ1v) is 6.29. The highest BCUT2D eigenvalue weighted by molar-refractivity contribution is 5.42. The minimum Gasteiger partial charge on any atom is -0.317 e. The number of hydrogen-bond acceptors (Lipinski definition) is 3. The maximum Gasteiger partial charge on any atom is 0.155 e. The van der Waals surface area contributed by atoms with Gasteiger partial charge in [-0.25, -0.2) is 9.50 Å². The van der Waals surface area contributed by atoms with Crippen LogP contribution in [0.25, 0.3) is 5.65 Å². The van der Waals surface area contributed by atoms with Crippen LogP contribution in [0.15, 0.2) is 12.1 Å². The van der Waals surface area contributed by atoms with Crippen LogP contribution in [0, 0.1) is 13.8 Å². The van der Waals surface area contributed by atoms with Crippen molar-refractivity contribution in [3.63, 3.8) is 0 Å². The van der Waals surface area contributed by atoms with Gasteiger partial charge in [-0.3, -0.25) is 0 Å². The molecule has 17 heavy (non-hydrogen) atoms. The van der Waals surface area contributed by atoms with E-state index in [9.17, 15) is 0 Å². The molecule has 0 atom stereocenters. The first-order valence-electron chi connectivity index (χ1n) is 6.29. The zero-order chi connectivity index (χ0) is 11.8. The predicted octanol–water partition coefficient (Wildman–Crippen LogP) is 1.81. The fraction of sp³-hybridized carbons (Fsp3) is 0.538. The summed E-state index contributed by atoms with van der Waals surface area (Å²) in [5, 5.41) is 7.84. The first-order chi connectivity index (χ1) is 8.24. The topological polar surface area (TPSA) is 42.2 Å². The van der Waals surface area contributed by atoms with Crippen molar-refractivity contribution in [1.82, 2.24) is 19.9 Å². The molecule has 0 aliphatic carbocycles. The van der Waals surface area contributed by atoms with Crippen molar-refractivity contribution >= 4 is 5.65 Å². The van der Waals surface area contributed by atoms with Crippen molar-refractivity contribution in [2.24, 2.45) is 0 Å². The molecule has 0 aromatic carbocycles. The summed E-state index contributed by atoms with van der Waals surface area (Å²) in [7, 11) is 0. The third kappa shape index (κ3) is 1.93. The van der Waals surface area contributed by atoms with Gasteiger partial charge in [-0.05, 0) is 45.8 Å². The van der Waals surface area contributed by atoms with E-state index in [1.54, 1.807) is 0 Å². The number of aryl methyl sites for hydroxylation is 2. The molecule has 0 saturated carbocycles. The number of nitrogens with zero attached hydrogens (tertiary/aromatic N) is 3. The van der Waals surface area contributed by atoms with Crippen molar-refractivity contribution in [1.29, 1.82) is 0 Å². The van der Waals surface area contributed by atoms with Crippen LogP contribution in [0.1, 0.15) is 35.8 Å². The molecule has 90 valence electrons. The average Bonchev–Trinajstić information content (AvgIpc) is 2.71. The van der Waals surface area contributed by atoms with Gasteiger partial charge in [0, 0.05) is 23.4 Å². The lowest BCUT2D eigenvalue weighted by Gasteiger charge is -2.22. The number of fused-ring (bicyclic) bond motifs is 1. The van der Waals surface area contributed by atoms with Crippen LogP contribution in [0.5, 0.6) is 0 Å². The molecule has 1 aliphatic heterocycles. The number of piperidine rings is 1. The Morgan fingerprint density at radius 2 is 2.00 bits per heavy atom. The van der Waals surface area contributed by atoms with Gasteiger partial charge in [-0.15, -0.1) is 0 Å². The van der Waals surface area contributed by atoms with Crippen molar-refractivity contribution in [2.45, 2.75) is 32.6 Å². The number of hydrogen-bond donors (Lipinski definition) is 1. The Labute approximate surface area is 101 Å². The number of aromatic nitrogens is 3. The first kappa shape index (κ1) is 10.7. The van der Waals surface area contributed by atoms with Crippen LogP contribution in [-0.2, 0) is 0 Å². The Morgan fingerprint density at radius 3 is 2.76 bits per heavy atom. The van der Waals surface area contributed by atoms with Crippen LogP contribution < -0.4 is 5.32 Å². The monoisotopic (exact) mass is 230 g/mol. The fourth-order valence-electron chi connectivity index (χ4n) is 2.59. The van der Waals surface area contributed by atoms with Gasteiger partial charge in [0.05, 0.1) is 5.69 Å². The Balaban J connectivity index is 2.04. The maximum absolute atomic E-state index is 4.75.